The quantitative estimate of drug-likeness (QED) is 0.572. The summed E-state index contributed by atoms with van der Waals surface area (Å²) >= 11 is 0. The number of hydrogen-bond donors (Lipinski definition) is 1. The summed E-state index contributed by atoms with van der Waals surface area (Å²) in [5.41, 5.74) is 0.0730. The maximum atomic E-state index is 12.3. The van der Waals surface area contributed by atoms with E-state index in [4.69, 9.17) is 4.74 Å². The predicted octanol–water partition coefficient (Wildman–Crippen LogP) is 2.46. The Morgan fingerprint density at radius 1 is 1.04 bits per heavy atom. The van der Waals surface area contributed by atoms with Gasteiger partial charge in [-0.15, -0.1) is 5.10 Å². The van der Waals surface area contributed by atoms with Gasteiger partial charge in [-0.1, -0.05) is 41.6 Å². The minimum Gasteiger partial charge on any atom is -0.507 e. The average molecular weight is 347 g/mol. The summed E-state index contributed by atoms with van der Waals surface area (Å²) in [6.07, 6.45) is 0. The normalized spacial score (nSPS) is 10.9. The molecule has 0 fully saturated rings. The van der Waals surface area contributed by atoms with Gasteiger partial charge in [0.2, 0.25) is 0 Å². The van der Waals surface area contributed by atoms with Crippen molar-refractivity contribution in [2.45, 2.75) is 6.73 Å². The van der Waals surface area contributed by atoms with Crippen LogP contribution < -0.4 is 5.56 Å². The first-order chi connectivity index (χ1) is 12.6. The number of phenolic OH excluding ortho intramolecular Hbond substituents is 1. The lowest BCUT2D eigenvalue weighted by atomic mass is 10.1. The number of nitrogens with zero attached hydrogens (tertiary/aromatic N) is 3. The van der Waals surface area contributed by atoms with E-state index in [0.717, 1.165) is 15.5 Å². The molecule has 26 heavy (non-hydrogen) atoms. The van der Waals surface area contributed by atoms with Crippen LogP contribution in [-0.4, -0.2) is 26.1 Å². The highest BCUT2D eigenvalue weighted by atomic mass is 16.5. The zero-order valence-electron chi connectivity index (χ0n) is 13.5. The largest absolute Gasteiger partial charge is 0.507 e. The Bertz CT molecular complexity index is 1200. The molecule has 0 bridgehead atoms. The summed E-state index contributed by atoms with van der Waals surface area (Å²) in [5.74, 6) is -0.944. The van der Waals surface area contributed by atoms with Gasteiger partial charge in [0.25, 0.3) is 5.56 Å². The molecule has 0 aliphatic rings. The predicted molar refractivity (Wildman–Crippen MR) is 94.8 cm³/mol. The number of hydrogen-bond acceptors (Lipinski definition) is 6. The second-order valence-electron chi connectivity index (χ2n) is 5.69. The van der Waals surface area contributed by atoms with Crippen molar-refractivity contribution in [2.75, 3.05) is 0 Å². The van der Waals surface area contributed by atoms with Gasteiger partial charge in [0.05, 0.1) is 5.39 Å². The van der Waals surface area contributed by atoms with E-state index in [9.17, 15) is 14.7 Å². The third-order valence-electron chi connectivity index (χ3n) is 4.03. The van der Waals surface area contributed by atoms with Gasteiger partial charge in [0, 0.05) is 0 Å². The summed E-state index contributed by atoms with van der Waals surface area (Å²) in [5, 5.41) is 19.7. The number of esters is 1. The average Bonchev–Trinajstić information content (AvgIpc) is 2.67. The van der Waals surface area contributed by atoms with Crippen LogP contribution in [-0.2, 0) is 11.5 Å². The van der Waals surface area contributed by atoms with Crippen molar-refractivity contribution in [3.05, 3.63) is 76.6 Å². The first kappa shape index (κ1) is 15.8. The minimum absolute atomic E-state index is 0.0190. The number of carbonyl (C=O) groups is 1. The van der Waals surface area contributed by atoms with Gasteiger partial charge in [-0.25, -0.2) is 4.79 Å². The first-order valence-corrected chi connectivity index (χ1v) is 7.85. The Labute approximate surface area is 147 Å². The molecule has 0 saturated heterocycles. The molecule has 0 saturated carbocycles. The number of rotatable bonds is 3. The number of aromatic nitrogens is 3. The molecule has 1 heterocycles. The molecule has 4 rings (SSSR count). The van der Waals surface area contributed by atoms with Crippen molar-refractivity contribution in [2.24, 2.45) is 0 Å². The fraction of sp³-hybridized carbons (Fsp3) is 0.0526. The highest BCUT2D eigenvalue weighted by molar-refractivity contribution is 5.98. The van der Waals surface area contributed by atoms with E-state index < -0.39 is 18.3 Å². The summed E-state index contributed by atoms with van der Waals surface area (Å²) in [6, 6.07) is 17.1. The van der Waals surface area contributed by atoms with Crippen molar-refractivity contribution >= 4 is 27.6 Å². The fourth-order valence-electron chi connectivity index (χ4n) is 2.70. The lowest BCUT2D eigenvalue weighted by Crippen LogP contribution is -2.26. The number of fused-ring (bicyclic) bond motifs is 2. The van der Waals surface area contributed by atoms with Crippen LogP contribution in [0.1, 0.15) is 10.4 Å². The van der Waals surface area contributed by atoms with Gasteiger partial charge in [0.15, 0.2) is 6.73 Å². The summed E-state index contributed by atoms with van der Waals surface area (Å²) < 4.78 is 6.09. The number of ether oxygens (including phenoxy) is 1. The highest BCUT2D eigenvalue weighted by Gasteiger charge is 2.15. The van der Waals surface area contributed by atoms with E-state index in [1.165, 1.54) is 6.07 Å². The topological polar surface area (TPSA) is 94.3 Å². The van der Waals surface area contributed by atoms with Crippen LogP contribution in [0, 0.1) is 0 Å². The molecular weight excluding hydrogens is 334 g/mol. The van der Waals surface area contributed by atoms with Crippen molar-refractivity contribution < 1.29 is 14.6 Å². The molecule has 7 heteroatoms. The molecule has 0 unspecified atom stereocenters. The molecule has 4 aromatic rings. The number of phenols is 1. The summed E-state index contributed by atoms with van der Waals surface area (Å²) in [6.45, 7) is -0.401. The van der Waals surface area contributed by atoms with Gasteiger partial charge in [-0.3, -0.25) is 4.79 Å². The first-order valence-electron chi connectivity index (χ1n) is 7.85. The monoisotopic (exact) mass is 347 g/mol. The molecule has 3 aromatic carbocycles. The van der Waals surface area contributed by atoms with Crippen LogP contribution >= 0.6 is 0 Å². The Hall–Kier alpha value is -3.74. The summed E-state index contributed by atoms with van der Waals surface area (Å²) in [4.78, 5) is 24.7. The molecule has 7 nitrogen and oxygen atoms in total. The van der Waals surface area contributed by atoms with E-state index in [-0.39, 0.29) is 11.3 Å². The molecule has 1 N–H and O–H groups in total. The van der Waals surface area contributed by atoms with Crippen LogP contribution in [0.2, 0.25) is 0 Å². The maximum Gasteiger partial charge on any atom is 0.343 e. The third-order valence-corrected chi connectivity index (χ3v) is 4.03. The zero-order chi connectivity index (χ0) is 18.1. The molecule has 128 valence electrons. The lowest BCUT2D eigenvalue weighted by molar-refractivity contribution is 0.0333. The van der Waals surface area contributed by atoms with Crippen molar-refractivity contribution in [3.63, 3.8) is 0 Å². The van der Waals surface area contributed by atoms with Crippen molar-refractivity contribution in [1.29, 1.82) is 0 Å². The number of aromatic hydroxyl groups is 1. The molecule has 0 aliphatic heterocycles. The molecular formula is C19H13N3O4. The Balaban J connectivity index is 1.60. The van der Waals surface area contributed by atoms with Gasteiger partial charge >= 0.3 is 5.97 Å². The fourth-order valence-corrected chi connectivity index (χ4v) is 2.70. The Morgan fingerprint density at radius 3 is 2.54 bits per heavy atom. The molecule has 0 spiro atoms. The lowest BCUT2D eigenvalue weighted by Gasteiger charge is -2.09. The van der Waals surface area contributed by atoms with E-state index in [2.05, 4.69) is 10.3 Å². The molecule has 0 aliphatic carbocycles. The molecule has 0 atom stereocenters. The van der Waals surface area contributed by atoms with Crippen LogP contribution in [0.4, 0.5) is 0 Å². The van der Waals surface area contributed by atoms with E-state index in [0.29, 0.717) is 10.9 Å². The van der Waals surface area contributed by atoms with E-state index in [1.807, 2.05) is 24.3 Å². The SMILES string of the molecule is O=C(OCn1nnc2ccccc2c1=O)c1cc2ccccc2cc1O. The highest BCUT2D eigenvalue weighted by Crippen LogP contribution is 2.25. The second-order valence-corrected chi connectivity index (χ2v) is 5.69. The van der Waals surface area contributed by atoms with E-state index in [1.54, 1.807) is 30.3 Å². The third kappa shape index (κ3) is 2.75. The van der Waals surface area contributed by atoms with Crippen molar-refractivity contribution in [1.82, 2.24) is 15.0 Å². The molecule has 0 amide bonds. The number of carbonyl (C=O) groups excluding carboxylic acids is 1. The minimum atomic E-state index is -0.755. The van der Waals surface area contributed by atoms with Gasteiger partial charge in [0.1, 0.15) is 16.8 Å². The van der Waals surface area contributed by atoms with Gasteiger partial charge in [-0.2, -0.15) is 4.68 Å². The maximum absolute atomic E-state index is 12.3. The van der Waals surface area contributed by atoms with Crippen LogP contribution in [0.15, 0.2) is 65.5 Å². The Kier molecular flexibility index (Phi) is 3.81. The van der Waals surface area contributed by atoms with Crippen LogP contribution in [0.3, 0.4) is 0 Å². The smallest absolute Gasteiger partial charge is 0.343 e. The van der Waals surface area contributed by atoms with Crippen molar-refractivity contribution in [3.8, 4) is 5.75 Å². The van der Waals surface area contributed by atoms with Gasteiger partial charge < -0.3 is 9.84 Å². The van der Waals surface area contributed by atoms with Crippen LogP contribution in [0.25, 0.3) is 21.7 Å². The Morgan fingerprint density at radius 2 is 1.73 bits per heavy atom. The van der Waals surface area contributed by atoms with Gasteiger partial charge in [-0.05, 0) is 35.0 Å². The van der Waals surface area contributed by atoms with Crippen LogP contribution in [0.5, 0.6) is 5.75 Å². The molecule has 1 aromatic heterocycles. The summed E-state index contributed by atoms with van der Waals surface area (Å²) in [7, 11) is 0. The second kappa shape index (κ2) is 6.29. The standard InChI is InChI=1S/C19H13N3O4/c23-17-10-13-6-2-1-5-12(13)9-15(17)19(25)26-11-22-18(24)14-7-3-4-8-16(14)20-21-22/h1-10,23H,11H2. The van der Waals surface area contributed by atoms with E-state index >= 15 is 0 Å². The zero-order valence-corrected chi connectivity index (χ0v) is 13.5. The molecule has 0 radical (unpaired) electrons. The number of benzene rings is 3.